The minimum absolute atomic E-state index is 0.134. The number of halogens is 4. The van der Waals surface area contributed by atoms with Gasteiger partial charge in [0.25, 0.3) is 5.91 Å². The van der Waals surface area contributed by atoms with E-state index >= 15 is 0 Å². The van der Waals surface area contributed by atoms with E-state index in [1.165, 1.54) is 17.8 Å². The van der Waals surface area contributed by atoms with Crippen molar-refractivity contribution in [3.05, 3.63) is 88.5 Å². The number of carbonyl (C=O) groups is 1. The molecule has 2 aromatic carbocycles. The molecule has 2 atom stereocenters. The molecule has 1 amide bonds. The number of rotatable bonds is 6. The van der Waals surface area contributed by atoms with E-state index < -0.39 is 23.4 Å². The van der Waals surface area contributed by atoms with Gasteiger partial charge in [-0.25, -0.2) is 13.2 Å². The van der Waals surface area contributed by atoms with Gasteiger partial charge in [-0.3, -0.25) is 9.78 Å². The molecule has 36 heavy (non-hydrogen) atoms. The van der Waals surface area contributed by atoms with E-state index in [-0.39, 0.29) is 22.4 Å². The van der Waals surface area contributed by atoms with Crippen molar-refractivity contribution in [3.63, 3.8) is 0 Å². The lowest BCUT2D eigenvalue weighted by molar-refractivity contribution is 0.102. The van der Waals surface area contributed by atoms with E-state index in [1.807, 2.05) is 40.1 Å². The molecule has 9 heteroatoms. The van der Waals surface area contributed by atoms with Gasteiger partial charge in [0, 0.05) is 57.4 Å². The summed E-state index contributed by atoms with van der Waals surface area (Å²) in [5, 5.41) is 5.76. The minimum Gasteiger partial charge on any atom is -0.323 e. The summed E-state index contributed by atoms with van der Waals surface area (Å²) in [5.41, 5.74) is 0.972. The fourth-order valence-electron chi connectivity index (χ4n) is 3.03. The average molecular weight is 534 g/mol. The fraction of sp³-hybridized carbons (Fsp3) is 0.259. The number of carbonyl (C=O) groups excluding carboxylic acids is 1. The van der Waals surface area contributed by atoms with Crippen molar-refractivity contribution in [2.24, 2.45) is 5.92 Å². The van der Waals surface area contributed by atoms with Gasteiger partial charge in [-0.15, -0.1) is 11.8 Å². The van der Waals surface area contributed by atoms with Gasteiger partial charge in [0.05, 0.1) is 5.02 Å². The summed E-state index contributed by atoms with van der Waals surface area (Å²) >= 11 is 7.82. The van der Waals surface area contributed by atoms with Gasteiger partial charge in [-0.2, -0.15) is 0 Å². The molecule has 0 radical (unpaired) electrons. The highest BCUT2D eigenvalue weighted by molar-refractivity contribution is 8.00. The van der Waals surface area contributed by atoms with Gasteiger partial charge in [-0.05, 0) is 50.8 Å². The molecule has 1 heterocycles. The van der Waals surface area contributed by atoms with E-state index in [9.17, 15) is 18.0 Å². The van der Waals surface area contributed by atoms with E-state index in [2.05, 4.69) is 27.5 Å². The third-order valence-electron chi connectivity index (χ3n) is 4.59. The predicted octanol–water partition coefficient (Wildman–Crippen LogP) is 6.80. The molecule has 0 aliphatic rings. The Morgan fingerprint density at radius 3 is 2.28 bits per heavy atom. The Labute approximate surface area is 219 Å². The summed E-state index contributed by atoms with van der Waals surface area (Å²) in [5.74, 6) is 1.54. The van der Waals surface area contributed by atoms with Crippen LogP contribution in [0.15, 0.2) is 59.8 Å². The second kappa shape index (κ2) is 14.5. The molecule has 4 nitrogen and oxygen atoms in total. The maximum Gasteiger partial charge on any atom is 0.255 e. The van der Waals surface area contributed by atoms with Gasteiger partial charge in [0.1, 0.15) is 0 Å². The Hall–Kier alpha value is -2.99. The number of thioether (sulfide) groups is 1. The summed E-state index contributed by atoms with van der Waals surface area (Å²) < 4.78 is 39.9. The van der Waals surface area contributed by atoms with Gasteiger partial charge in [0.2, 0.25) is 0 Å². The van der Waals surface area contributed by atoms with Crippen molar-refractivity contribution in [1.29, 1.82) is 0 Å². The molecule has 3 rings (SSSR count). The van der Waals surface area contributed by atoms with E-state index in [0.717, 1.165) is 24.1 Å². The molecule has 0 saturated heterocycles. The van der Waals surface area contributed by atoms with Crippen molar-refractivity contribution in [2.75, 3.05) is 19.4 Å². The van der Waals surface area contributed by atoms with E-state index in [0.29, 0.717) is 9.92 Å². The summed E-state index contributed by atoms with van der Waals surface area (Å²) in [4.78, 5) is 17.2. The monoisotopic (exact) mass is 533 g/mol. The molecule has 0 aliphatic heterocycles. The first kappa shape index (κ1) is 29.2. The Morgan fingerprint density at radius 1 is 1.06 bits per heavy atom. The third kappa shape index (κ3) is 9.23. The van der Waals surface area contributed by atoms with Crippen molar-refractivity contribution < 1.29 is 18.0 Å². The zero-order chi connectivity index (χ0) is 26.7. The fourth-order valence-corrected chi connectivity index (χ4v) is 4.47. The Morgan fingerprint density at radius 2 is 1.67 bits per heavy atom. The lowest BCUT2D eigenvalue weighted by Gasteiger charge is -2.15. The number of anilines is 1. The second-order valence-corrected chi connectivity index (χ2v) is 9.81. The van der Waals surface area contributed by atoms with Gasteiger partial charge in [-0.1, -0.05) is 37.3 Å². The Balaban J connectivity index is 0.00000145. The van der Waals surface area contributed by atoms with E-state index in [4.69, 9.17) is 11.6 Å². The number of hydrogen-bond donors (Lipinski definition) is 2. The van der Waals surface area contributed by atoms with Crippen molar-refractivity contribution in [1.82, 2.24) is 10.3 Å². The van der Waals surface area contributed by atoms with Crippen LogP contribution in [0.4, 0.5) is 18.9 Å². The molecule has 190 valence electrons. The van der Waals surface area contributed by atoms with Gasteiger partial charge in [0.15, 0.2) is 17.5 Å². The van der Waals surface area contributed by atoms with Crippen molar-refractivity contribution in [3.8, 4) is 11.8 Å². The molecular weight excluding hydrogens is 507 g/mol. The number of nitrogens with zero attached hydrogens (tertiary/aromatic N) is 1. The number of aromatic nitrogens is 1. The summed E-state index contributed by atoms with van der Waals surface area (Å²) in [6, 6.07) is 9.85. The van der Waals surface area contributed by atoms with Crippen LogP contribution in [0.3, 0.4) is 0 Å². The summed E-state index contributed by atoms with van der Waals surface area (Å²) in [7, 11) is 3.75. The second-order valence-electron chi connectivity index (χ2n) is 7.92. The SMILES string of the molecule is CC(C#Cc1ccncc1)CC(C)Sc1cc(C(=O)Nc2cc(F)c(F)c(F)c2)ccc1Cl.CNC. The molecule has 0 aliphatic carbocycles. The van der Waals surface area contributed by atoms with Crippen molar-refractivity contribution >= 4 is 35.0 Å². The highest BCUT2D eigenvalue weighted by Crippen LogP contribution is 2.34. The van der Waals surface area contributed by atoms with Crippen LogP contribution in [0.2, 0.25) is 5.02 Å². The quantitative estimate of drug-likeness (QED) is 0.208. The lowest BCUT2D eigenvalue weighted by atomic mass is 10.1. The van der Waals surface area contributed by atoms with Crippen LogP contribution < -0.4 is 10.6 Å². The highest BCUT2D eigenvalue weighted by atomic mass is 35.5. The number of nitrogens with one attached hydrogen (secondary N) is 2. The normalized spacial score (nSPS) is 11.9. The highest BCUT2D eigenvalue weighted by Gasteiger charge is 2.16. The largest absolute Gasteiger partial charge is 0.323 e. The number of pyridine rings is 1. The zero-order valence-electron chi connectivity index (χ0n) is 20.3. The van der Waals surface area contributed by atoms with Crippen LogP contribution >= 0.6 is 23.4 Å². The van der Waals surface area contributed by atoms with Gasteiger partial charge < -0.3 is 10.6 Å². The topological polar surface area (TPSA) is 54.0 Å². The number of hydrogen-bond acceptors (Lipinski definition) is 4. The van der Waals surface area contributed by atoms with Crippen LogP contribution in [-0.4, -0.2) is 30.2 Å². The average Bonchev–Trinajstić information content (AvgIpc) is 2.83. The molecule has 3 aromatic rings. The van der Waals surface area contributed by atoms with Gasteiger partial charge >= 0.3 is 0 Å². The van der Waals surface area contributed by atoms with Crippen LogP contribution in [0, 0.1) is 35.2 Å². The van der Waals surface area contributed by atoms with E-state index in [1.54, 1.807) is 24.5 Å². The third-order valence-corrected chi connectivity index (χ3v) is 6.22. The molecule has 0 saturated carbocycles. The summed E-state index contributed by atoms with van der Waals surface area (Å²) in [6.45, 7) is 4.08. The first-order valence-corrected chi connectivity index (χ1v) is 12.3. The van der Waals surface area contributed by atoms with Crippen molar-refractivity contribution in [2.45, 2.75) is 30.4 Å². The standard InChI is InChI=1S/C25H20ClF3N2OS.C2H7N/c1-15(3-4-17-7-9-30-10-8-17)11-16(2)33-23-12-18(5-6-20(23)26)25(32)31-19-13-21(27)24(29)22(28)14-19;1-3-2/h5-10,12-16H,11H2,1-2H3,(H,31,32);3H,1-2H3. The lowest BCUT2D eigenvalue weighted by Crippen LogP contribution is -2.13. The Bertz CT molecular complexity index is 1210. The summed E-state index contributed by atoms with van der Waals surface area (Å²) in [6.07, 6.45) is 4.19. The maximum atomic E-state index is 13.4. The smallest absolute Gasteiger partial charge is 0.255 e. The van der Waals surface area contributed by atoms with Crippen LogP contribution in [0.5, 0.6) is 0 Å². The molecular formula is C27H27ClF3N3OS. The number of benzene rings is 2. The van der Waals surface area contributed by atoms with Crippen LogP contribution in [0.1, 0.15) is 36.2 Å². The molecule has 0 bridgehead atoms. The predicted molar refractivity (Wildman–Crippen MR) is 141 cm³/mol. The van der Waals surface area contributed by atoms with Crippen LogP contribution in [0.25, 0.3) is 0 Å². The molecule has 1 aromatic heterocycles. The molecule has 0 spiro atoms. The van der Waals surface area contributed by atoms with Crippen LogP contribution in [-0.2, 0) is 0 Å². The molecule has 0 fully saturated rings. The maximum absolute atomic E-state index is 13.4. The number of amides is 1. The molecule has 2 unspecified atom stereocenters. The first-order chi connectivity index (χ1) is 17.1. The minimum atomic E-state index is -1.59. The zero-order valence-corrected chi connectivity index (χ0v) is 21.9. The Kier molecular flexibility index (Phi) is 11.8. The first-order valence-electron chi connectivity index (χ1n) is 11.1. The molecule has 2 N–H and O–H groups in total.